The van der Waals surface area contributed by atoms with E-state index in [0.717, 1.165) is 0 Å². The molecule has 0 aromatic heterocycles. The van der Waals surface area contributed by atoms with Crippen molar-refractivity contribution in [1.29, 1.82) is 0 Å². The smallest absolute Gasteiger partial charge is 0.0347 e. The average molecular weight is 231 g/mol. The van der Waals surface area contributed by atoms with Crippen LogP contribution in [0.5, 0.6) is 0 Å². The second-order valence-corrected chi connectivity index (χ2v) is 5.56. The minimum Gasteiger partial charge on any atom is -0.382 e. The lowest BCUT2D eigenvalue weighted by atomic mass is 9.96. The predicted octanol–water partition coefficient (Wildman–Crippen LogP) is 4.83. The largest absolute Gasteiger partial charge is 0.382 e. The molecule has 0 unspecified atom stereocenters. The quantitative estimate of drug-likeness (QED) is 0.769. The van der Waals surface area contributed by atoms with Crippen LogP contribution < -0.4 is 5.32 Å². The SMILES string of the molecule is Cc1cc(C)cc(NC2CCCCCCC2)c1. The Balaban J connectivity index is 1.97. The summed E-state index contributed by atoms with van der Waals surface area (Å²) in [5, 5.41) is 3.73. The first-order chi connectivity index (χ1) is 8.24. The maximum absolute atomic E-state index is 3.73. The van der Waals surface area contributed by atoms with E-state index < -0.39 is 0 Å². The van der Waals surface area contributed by atoms with Gasteiger partial charge in [-0.25, -0.2) is 0 Å². The molecule has 1 fully saturated rings. The molecule has 1 aliphatic rings. The summed E-state index contributed by atoms with van der Waals surface area (Å²) in [4.78, 5) is 0. The molecule has 2 rings (SSSR count). The molecule has 1 saturated carbocycles. The van der Waals surface area contributed by atoms with Gasteiger partial charge in [0.25, 0.3) is 0 Å². The highest BCUT2D eigenvalue weighted by atomic mass is 14.9. The Hall–Kier alpha value is -0.980. The Morgan fingerprint density at radius 2 is 1.35 bits per heavy atom. The first-order valence-corrected chi connectivity index (χ1v) is 7.09. The number of aryl methyl sites for hydroxylation is 2. The van der Waals surface area contributed by atoms with E-state index in [-0.39, 0.29) is 0 Å². The van der Waals surface area contributed by atoms with Crippen LogP contribution in [0, 0.1) is 13.8 Å². The van der Waals surface area contributed by atoms with Gasteiger partial charge in [-0.3, -0.25) is 0 Å². The van der Waals surface area contributed by atoms with Gasteiger partial charge in [0.15, 0.2) is 0 Å². The molecule has 0 aliphatic heterocycles. The summed E-state index contributed by atoms with van der Waals surface area (Å²) in [7, 11) is 0. The Morgan fingerprint density at radius 1 is 0.824 bits per heavy atom. The van der Waals surface area contributed by atoms with E-state index in [4.69, 9.17) is 0 Å². The minimum absolute atomic E-state index is 0.691. The Morgan fingerprint density at radius 3 is 1.94 bits per heavy atom. The number of hydrogen-bond donors (Lipinski definition) is 1. The van der Waals surface area contributed by atoms with E-state index >= 15 is 0 Å². The third kappa shape index (κ3) is 4.07. The fourth-order valence-electron chi connectivity index (χ4n) is 2.89. The first-order valence-electron chi connectivity index (χ1n) is 7.09. The highest BCUT2D eigenvalue weighted by Gasteiger charge is 2.11. The maximum atomic E-state index is 3.73. The van der Waals surface area contributed by atoms with Crippen molar-refractivity contribution in [3.8, 4) is 0 Å². The molecule has 0 atom stereocenters. The van der Waals surface area contributed by atoms with Crippen molar-refractivity contribution in [2.45, 2.75) is 64.8 Å². The zero-order valence-electron chi connectivity index (χ0n) is 11.3. The van der Waals surface area contributed by atoms with E-state index in [1.165, 1.54) is 61.8 Å². The monoisotopic (exact) mass is 231 g/mol. The van der Waals surface area contributed by atoms with E-state index in [1.54, 1.807) is 0 Å². The van der Waals surface area contributed by atoms with Gasteiger partial charge in [0.05, 0.1) is 0 Å². The molecule has 1 aromatic carbocycles. The predicted molar refractivity (Wildman–Crippen MR) is 75.6 cm³/mol. The summed E-state index contributed by atoms with van der Waals surface area (Å²) in [6.45, 7) is 4.35. The molecule has 0 amide bonds. The van der Waals surface area contributed by atoms with E-state index in [0.29, 0.717) is 6.04 Å². The van der Waals surface area contributed by atoms with Crippen LogP contribution in [-0.2, 0) is 0 Å². The number of hydrogen-bond acceptors (Lipinski definition) is 1. The van der Waals surface area contributed by atoms with E-state index in [1.807, 2.05) is 0 Å². The topological polar surface area (TPSA) is 12.0 Å². The molecule has 1 heteroatoms. The van der Waals surface area contributed by atoms with Gasteiger partial charge in [0, 0.05) is 11.7 Å². The number of nitrogens with one attached hydrogen (secondary N) is 1. The van der Waals surface area contributed by atoms with Crippen molar-refractivity contribution < 1.29 is 0 Å². The Kier molecular flexibility index (Phi) is 4.47. The zero-order chi connectivity index (χ0) is 12.1. The van der Waals surface area contributed by atoms with Gasteiger partial charge in [-0.15, -0.1) is 0 Å². The highest BCUT2D eigenvalue weighted by Crippen LogP contribution is 2.22. The molecule has 0 radical (unpaired) electrons. The summed E-state index contributed by atoms with van der Waals surface area (Å²) < 4.78 is 0. The summed E-state index contributed by atoms with van der Waals surface area (Å²) in [6.07, 6.45) is 9.75. The van der Waals surface area contributed by atoms with Gasteiger partial charge in [-0.1, -0.05) is 38.2 Å². The van der Waals surface area contributed by atoms with Gasteiger partial charge in [0.1, 0.15) is 0 Å². The summed E-state index contributed by atoms with van der Waals surface area (Å²) >= 11 is 0. The van der Waals surface area contributed by atoms with Gasteiger partial charge in [-0.2, -0.15) is 0 Å². The van der Waals surface area contributed by atoms with Crippen molar-refractivity contribution in [1.82, 2.24) is 0 Å². The molecule has 0 bridgehead atoms. The van der Waals surface area contributed by atoms with Gasteiger partial charge in [0.2, 0.25) is 0 Å². The molecule has 0 heterocycles. The van der Waals surface area contributed by atoms with Crippen molar-refractivity contribution in [3.05, 3.63) is 29.3 Å². The van der Waals surface area contributed by atoms with Gasteiger partial charge in [-0.05, 0) is 49.9 Å². The van der Waals surface area contributed by atoms with Crippen LogP contribution in [0.15, 0.2) is 18.2 Å². The average Bonchev–Trinajstić information content (AvgIpc) is 2.20. The molecule has 1 N–H and O–H groups in total. The Bertz CT molecular complexity index is 328. The van der Waals surface area contributed by atoms with E-state index in [9.17, 15) is 0 Å². The van der Waals surface area contributed by atoms with Crippen molar-refractivity contribution >= 4 is 5.69 Å². The van der Waals surface area contributed by atoms with Crippen LogP contribution in [0.4, 0.5) is 5.69 Å². The van der Waals surface area contributed by atoms with Crippen LogP contribution in [0.3, 0.4) is 0 Å². The summed E-state index contributed by atoms with van der Waals surface area (Å²) in [6, 6.07) is 7.47. The van der Waals surface area contributed by atoms with Crippen LogP contribution in [0.2, 0.25) is 0 Å². The second kappa shape index (κ2) is 6.09. The van der Waals surface area contributed by atoms with E-state index in [2.05, 4.69) is 37.4 Å². The maximum Gasteiger partial charge on any atom is 0.0347 e. The van der Waals surface area contributed by atoms with Crippen LogP contribution in [0.25, 0.3) is 0 Å². The lowest BCUT2D eigenvalue weighted by molar-refractivity contribution is 0.471. The van der Waals surface area contributed by atoms with Crippen molar-refractivity contribution in [3.63, 3.8) is 0 Å². The van der Waals surface area contributed by atoms with Gasteiger partial charge < -0.3 is 5.32 Å². The molecular formula is C16H25N. The Labute approximate surface area is 106 Å². The fraction of sp³-hybridized carbons (Fsp3) is 0.625. The number of rotatable bonds is 2. The molecule has 0 saturated heterocycles. The lowest BCUT2D eigenvalue weighted by Gasteiger charge is -2.22. The normalized spacial score (nSPS) is 18.5. The third-order valence-electron chi connectivity index (χ3n) is 3.70. The molecule has 1 aromatic rings. The second-order valence-electron chi connectivity index (χ2n) is 5.56. The van der Waals surface area contributed by atoms with Crippen LogP contribution in [-0.4, -0.2) is 6.04 Å². The summed E-state index contributed by atoms with van der Waals surface area (Å²) in [5.74, 6) is 0. The van der Waals surface area contributed by atoms with Crippen molar-refractivity contribution in [2.75, 3.05) is 5.32 Å². The molecule has 0 spiro atoms. The number of anilines is 1. The number of benzene rings is 1. The molecule has 94 valence electrons. The summed E-state index contributed by atoms with van der Waals surface area (Å²) in [5.41, 5.74) is 4.03. The highest BCUT2D eigenvalue weighted by molar-refractivity contribution is 5.49. The molecule has 1 nitrogen and oxygen atoms in total. The minimum atomic E-state index is 0.691. The standard InChI is InChI=1S/C16H25N/c1-13-10-14(2)12-16(11-13)17-15-8-6-4-3-5-7-9-15/h10-12,15,17H,3-9H2,1-2H3. The lowest BCUT2D eigenvalue weighted by Crippen LogP contribution is -2.20. The molecule has 17 heavy (non-hydrogen) atoms. The van der Waals surface area contributed by atoms with Crippen LogP contribution in [0.1, 0.15) is 56.1 Å². The first kappa shape index (κ1) is 12.5. The third-order valence-corrected chi connectivity index (χ3v) is 3.70. The van der Waals surface area contributed by atoms with Crippen molar-refractivity contribution in [2.24, 2.45) is 0 Å². The zero-order valence-corrected chi connectivity index (χ0v) is 11.3. The molecule has 1 aliphatic carbocycles. The van der Waals surface area contributed by atoms with Gasteiger partial charge >= 0.3 is 0 Å². The fourth-order valence-corrected chi connectivity index (χ4v) is 2.89. The molecular weight excluding hydrogens is 206 g/mol. The van der Waals surface area contributed by atoms with Crippen LogP contribution >= 0.6 is 0 Å².